The molecule has 3 N–H and O–H groups in total. The minimum atomic E-state index is 0.0882. The maximum Gasteiger partial charge on any atom is 0.224 e. The van der Waals surface area contributed by atoms with Gasteiger partial charge in [-0.05, 0) is 31.7 Å². The van der Waals surface area contributed by atoms with Gasteiger partial charge in [0.05, 0.1) is 5.92 Å². The Bertz CT molecular complexity index is 315. The molecule has 2 atom stereocenters. The molecule has 2 aliphatic rings. The minimum Gasteiger partial charge on any atom is -0.356 e. The van der Waals surface area contributed by atoms with Gasteiger partial charge >= 0.3 is 0 Å². The van der Waals surface area contributed by atoms with Crippen LogP contribution in [0.15, 0.2) is 0 Å². The number of amides is 2. The van der Waals surface area contributed by atoms with Gasteiger partial charge in [0.25, 0.3) is 0 Å². The summed E-state index contributed by atoms with van der Waals surface area (Å²) < 4.78 is 0. The first-order chi connectivity index (χ1) is 8.66. The Morgan fingerprint density at radius 1 is 1.28 bits per heavy atom. The summed E-state index contributed by atoms with van der Waals surface area (Å²) in [7, 11) is 0. The molecule has 1 saturated carbocycles. The first-order valence-electron chi connectivity index (χ1n) is 6.94. The Hall–Kier alpha value is -1.10. The quantitative estimate of drug-likeness (QED) is 0.584. The van der Waals surface area contributed by atoms with Crippen molar-refractivity contribution in [2.75, 3.05) is 19.6 Å². The van der Waals surface area contributed by atoms with Crippen molar-refractivity contribution in [1.82, 2.24) is 16.0 Å². The topological polar surface area (TPSA) is 70.2 Å². The van der Waals surface area contributed by atoms with Crippen LogP contribution in [0.4, 0.5) is 0 Å². The first-order valence-corrected chi connectivity index (χ1v) is 6.94. The molecule has 5 nitrogen and oxygen atoms in total. The maximum atomic E-state index is 11.8. The summed E-state index contributed by atoms with van der Waals surface area (Å²) in [4.78, 5) is 23.2. The second-order valence-electron chi connectivity index (χ2n) is 5.48. The maximum absolute atomic E-state index is 11.8. The normalized spacial score (nSPS) is 26.9. The van der Waals surface area contributed by atoms with E-state index in [-0.39, 0.29) is 17.7 Å². The van der Waals surface area contributed by atoms with Gasteiger partial charge in [0, 0.05) is 25.6 Å². The molecule has 18 heavy (non-hydrogen) atoms. The Kier molecular flexibility index (Phi) is 4.58. The molecule has 0 radical (unpaired) electrons. The highest BCUT2D eigenvalue weighted by atomic mass is 16.2. The lowest BCUT2D eigenvalue weighted by Gasteiger charge is -2.14. The van der Waals surface area contributed by atoms with Crippen molar-refractivity contribution in [3.8, 4) is 0 Å². The first kappa shape index (κ1) is 13.3. The summed E-state index contributed by atoms with van der Waals surface area (Å²) in [6, 6.07) is 0.428. The highest BCUT2D eigenvalue weighted by Gasteiger charge is 2.29. The Morgan fingerprint density at radius 3 is 2.67 bits per heavy atom. The van der Waals surface area contributed by atoms with Crippen LogP contribution in [0, 0.1) is 11.8 Å². The standard InChI is InChI=1S/C13H23N3O2/c1-9-7-14-8-11(9)13(18)15-6-2-3-12(17)16-10-4-5-10/h9-11,14H,2-8H2,1H3,(H,15,18)(H,16,17). The van der Waals surface area contributed by atoms with Gasteiger partial charge in [-0.2, -0.15) is 0 Å². The third-order valence-electron chi connectivity index (χ3n) is 3.68. The van der Waals surface area contributed by atoms with E-state index in [4.69, 9.17) is 0 Å². The molecule has 0 aromatic heterocycles. The molecule has 1 heterocycles. The molecule has 102 valence electrons. The van der Waals surface area contributed by atoms with Crippen LogP contribution in [-0.4, -0.2) is 37.5 Å². The molecule has 5 heteroatoms. The van der Waals surface area contributed by atoms with Gasteiger partial charge in [-0.1, -0.05) is 6.92 Å². The van der Waals surface area contributed by atoms with E-state index in [0.29, 0.717) is 24.9 Å². The fourth-order valence-electron chi connectivity index (χ4n) is 2.28. The van der Waals surface area contributed by atoms with E-state index in [1.807, 2.05) is 0 Å². The summed E-state index contributed by atoms with van der Waals surface area (Å²) >= 11 is 0. The van der Waals surface area contributed by atoms with Crippen molar-refractivity contribution in [1.29, 1.82) is 0 Å². The summed E-state index contributed by atoms with van der Waals surface area (Å²) in [5.41, 5.74) is 0. The lowest BCUT2D eigenvalue weighted by molar-refractivity contribution is -0.126. The van der Waals surface area contributed by atoms with E-state index in [0.717, 1.165) is 32.4 Å². The van der Waals surface area contributed by atoms with Gasteiger partial charge in [-0.25, -0.2) is 0 Å². The molecular formula is C13H23N3O2. The minimum absolute atomic E-state index is 0.0882. The Balaban J connectivity index is 1.54. The van der Waals surface area contributed by atoms with Crippen LogP contribution in [0.1, 0.15) is 32.6 Å². The van der Waals surface area contributed by atoms with Gasteiger partial charge in [0.2, 0.25) is 11.8 Å². The molecule has 1 aliphatic carbocycles. The number of carbonyl (C=O) groups is 2. The summed E-state index contributed by atoms with van der Waals surface area (Å²) in [6.07, 6.45) is 3.47. The molecule has 2 amide bonds. The monoisotopic (exact) mass is 253 g/mol. The van der Waals surface area contributed by atoms with E-state index in [1.165, 1.54) is 0 Å². The highest BCUT2D eigenvalue weighted by molar-refractivity contribution is 5.79. The average molecular weight is 253 g/mol. The number of hydrogen-bond donors (Lipinski definition) is 3. The van der Waals surface area contributed by atoms with Crippen molar-refractivity contribution in [3.63, 3.8) is 0 Å². The zero-order valence-corrected chi connectivity index (χ0v) is 11.0. The molecule has 2 unspecified atom stereocenters. The van der Waals surface area contributed by atoms with Gasteiger partial charge in [-0.15, -0.1) is 0 Å². The van der Waals surface area contributed by atoms with Crippen LogP contribution in [0.25, 0.3) is 0 Å². The Labute approximate surface area is 108 Å². The SMILES string of the molecule is CC1CNCC1C(=O)NCCCC(=O)NC1CC1. The lowest BCUT2D eigenvalue weighted by atomic mass is 9.97. The molecular weight excluding hydrogens is 230 g/mol. The van der Waals surface area contributed by atoms with Gasteiger partial charge in [0.1, 0.15) is 0 Å². The molecule has 0 aromatic rings. The molecule has 0 aromatic carbocycles. The summed E-state index contributed by atoms with van der Waals surface area (Å²) in [5, 5.41) is 9.08. The number of rotatable bonds is 6. The van der Waals surface area contributed by atoms with Crippen LogP contribution in [0.2, 0.25) is 0 Å². The highest BCUT2D eigenvalue weighted by Crippen LogP contribution is 2.18. The van der Waals surface area contributed by atoms with Crippen molar-refractivity contribution < 1.29 is 9.59 Å². The van der Waals surface area contributed by atoms with Crippen LogP contribution in [-0.2, 0) is 9.59 Å². The number of hydrogen-bond acceptors (Lipinski definition) is 3. The lowest BCUT2D eigenvalue weighted by Crippen LogP contribution is -2.35. The fourth-order valence-corrected chi connectivity index (χ4v) is 2.28. The van der Waals surface area contributed by atoms with Crippen LogP contribution in [0.3, 0.4) is 0 Å². The van der Waals surface area contributed by atoms with E-state index in [1.54, 1.807) is 0 Å². The zero-order chi connectivity index (χ0) is 13.0. The molecule has 1 saturated heterocycles. The Morgan fingerprint density at radius 2 is 2.06 bits per heavy atom. The van der Waals surface area contributed by atoms with Crippen molar-refractivity contribution >= 4 is 11.8 Å². The third-order valence-corrected chi connectivity index (χ3v) is 3.68. The van der Waals surface area contributed by atoms with Crippen molar-refractivity contribution in [3.05, 3.63) is 0 Å². The predicted octanol–water partition coefficient (Wildman–Crippen LogP) is 0.0169. The number of carbonyl (C=O) groups excluding carboxylic acids is 2. The van der Waals surface area contributed by atoms with E-state index in [2.05, 4.69) is 22.9 Å². The van der Waals surface area contributed by atoms with E-state index in [9.17, 15) is 9.59 Å². The zero-order valence-electron chi connectivity index (χ0n) is 11.0. The van der Waals surface area contributed by atoms with Gasteiger partial charge < -0.3 is 16.0 Å². The van der Waals surface area contributed by atoms with Gasteiger partial charge in [-0.3, -0.25) is 9.59 Å². The smallest absolute Gasteiger partial charge is 0.224 e. The molecule has 2 fully saturated rings. The fraction of sp³-hybridized carbons (Fsp3) is 0.846. The average Bonchev–Trinajstić information content (AvgIpc) is 3.04. The second-order valence-corrected chi connectivity index (χ2v) is 5.48. The number of nitrogens with one attached hydrogen (secondary N) is 3. The van der Waals surface area contributed by atoms with Crippen LogP contribution >= 0.6 is 0 Å². The molecule has 0 bridgehead atoms. The largest absolute Gasteiger partial charge is 0.356 e. The third kappa shape index (κ3) is 3.98. The predicted molar refractivity (Wildman–Crippen MR) is 68.9 cm³/mol. The van der Waals surface area contributed by atoms with E-state index < -0.39 is 0 Å². The summed E-state index contributed by atoms with van der Waals surface area (Å²) in [6.45, 7) is 4.38. The van der Waals surface area contributed by atoms with E-state index >= 15 is 0 Å². The molecule has 2 rings (SSSR count). The second kappa shape index (κ2) is 6.18. The summed E-state index contributed by atoms with van der Waals surface area (Å²) in [5.74, 6) is 0.728. The van der Waals surface area contributed by atoms with Gasteiger partial charge in [0.15, 0.2) is 0 Å². The van der Waals surface area contributed by atoms with Crippen molar-refractivity contribution in [2.24, 2.45) is 11.8 Å². The molecule has 1 aliphatic heterocycles. The van der Waals surface area contributed by atoms with Crippen molar-refractivity contribution in [2.45, 2.75) is 38.6 Å². The van der Waals surface area contributed by atoms with Crippen LogP contribution < -0.4 is 16.0 Å². The molecule has 0 spiro atoms. The van der Waals surface area contributed by atoms with Crippen LogP contribution in [0.5, 0.6) is 0 Å².